The van der Waals surface area contributed by atoms with E-state index in [0.29, 0.717) is 32.4 Å². The molecule has 0 aliphatic heterocycles. The summed E-state index contributed by atoms with van der Waals surface area (Å²) in [5, 5.41) is 9.38. The maximum Gasteiger partial charge on any atom is 0.410 e. The second-order valence-electron chi connectivity index (χ2n) is 19.5. The molecule has 0 unspecified atom stereocenters. The first-order valence-electron chi connectivity index (χ1n) is 27.8. The Hall–Kier alpha value is -1.87. The lowest BCUT2D eigenvalue weighted by molar-refractivity contribution is -0.151. The summed E-state index contributed by atoms with van der Waals surface area (Å²) in [5.74, 6) is -0.0319. The highest BCUT2D eigenvalue weighted by atomic mass is 16.6. The fourth-order valence-corrected chi connectivity index (χ4v) is 8.67. The fraction of sp³-hybridized carbons (Fsp3) is 0.945. The molecule has 64 heavy (non-hydrogen) atoms. The maximum atomic E-state index is 13.5. The molecule has 9 heteroatoms. The summed E-state index contributed by atoms with van der Waals surface area (Å²) in [5.41, 5.74) is 0. The molecule has 0 aromatic heterocycles. The van der Waals surface area contributed by atoms with Gasteiger partial charge >= 0.3 is 18.0 Å². The predicted molar refractivity (Wildman–Crippen MR) is 270 cm³/mol. The van der Waals surface area contributed by atoms with Gasteiger partial charge in [0.1, 0.15) is 18.3 Å². The van der Waals surface area contributed by atoms with E-state index < -0.39 is 0 Å². The number of esters is 2. The molecule has 0 aliphatic carbocycles. The lowest BCUT2D eigenvalue weighted by atomic mass is 10.0. The van der Waals surface area contributed by atoms with Crippen molar-refractivity contribution < 1.29 is 33.7 Å². The molecule has 0 saturated heterocycles. The van der Waals surface area contributed by atoms with Gasteiger partial charge in [0, 0.05) is 32.5 Å². The van der Waals surface area contributed by atoms with Crippen LogP contribution in [0.3, 0.4) is 0 Å². The Kier molecular flexibility index (Phi) is 46.2. The summed E-state index contributed by atoms with van der Waals surface area (Å²) in [6, 6.07) is 0. The Labute approximate surface area is 397 Å². The quantitative estimate of drug-likeness (QED) is 0.0366. The first-order valence-corrected chi connectivity index (χ1v) is 27.8. The maximum absolute atomic E-state index is 13.5. The highest BCUT2D eigenvalue weighted by Gasteiger charge is 2.21. The highest BCUT2D eigenvalue weighted by molar-refractivity contribution is 5.70. The van der Waals surface area contributed by atoms with Crippen LogP contribution in [0.5, 0.6) is 0 Å². The molecule has 0 aromatic rings. The van der Waals surface area contributed by atoms with Crippen molar-refractivity contribution in [1.82, 2.24) is 9.80 Å². The minimum absolute atomic E-state index is 0.0160. The summed E-state index contributed by atoms with van der Waals surface area (Å²) in [6.45, 7) is 11.3. The second-order valence-corrected chi connectivity index (χ2v) is 19.5. The molecule has 0 aromatic carbocycles. The first kappa shape index (κ1) is 62.1. The van der Waals surface area contributed by atoms with Crippen LogP contribution in [0.4, 0.5) is 4.79 Å². The van der Waals surface area contributed by atoms with E-state index in [9.17, 15) is 19.5 Å². The van der Waals surface area contributed by atoms with Crippen molar-refractivity contribution in [2.45, 2.75) is 296 Å². The van der Waals surface area contributed by atoms with Crippen molar-refractivity contribution in [3.05, 3.63) is 0 Å². The molecular weight excluding hydrogens is 801 g/mol. The Morgan fingerprint density at radius 2 is 0.688 bits per heavy atom. The van der Waals surface area contributed by atoms with E-state index in [2.05, 4.69) is 46.7 Å². The molecule has 1 N–H and O–H groups in total. The largest absolute Gasteiger partial charge is 0.462 e. The lowest BCUT2D eigenvalue weighted by Crippen LogP contribution is -2.37. The molecule has 0 aliphatic rings. The van der Waals surface area contributed by atoms with E-state index >= 15 is 0 Å². The van der Waals surface area contributed by atoms with Gasteiger partial charge in [-0.25, -0.2) is 4.79 Å². The molecule has 0 bridgehead atoms. The van der Waals surface area contributed by atoms with E-state index in [1.807, 2.05) is 4.90 Å². The number of aliphatic hydroxyl groups excluding tert-OH is 1. The molecule has 0 heterocycles. The Bertz CT molecular complexity index is 944. The van der Waals surface area contributed by atoms with Gasteiger partial charge in [-0.1, -0.05) is 156 Å². The van der Waals surface area contributed by atoms with Gasteiger partial charge in [0.05, 0.1) is 0 Å². The van der Waals surface area contributed by atoms with Gasteiger partial charge in [-0.3, -0.25) is 9.59 Å². The predicted octanol–water partition coefficient (Wildman–Crippen LogP) is 15.5. The van der Waals surface area contributed by atoms with Crippen molar-refractivity contribution >= 4 is 18.0 Å². The van der Waals surface area contributed by atoms with E-state index in [-0.39, 0.29) is 43.0 Å². The molecule has 0 rings (SSSR count). The SMILES string of the molecule is CCCCCCC(CCCCCC)OC(=O)CCCCCCCCC(CCCCCCCCC(=O)OC(CCCCCC)CCCCCC)OC(=O)N(CCCCO)CCCN(C)C. The number of carbonyl (C=O) groups is 3. The molecule has 0 saturated carbocycles. The van der Waals surface area contributed by atoms with Crippen molar-refractivity contribution in [2.24, 2.45) is 0 Å². The summed E-state index contributed by atoms with van der Waals surface area (Å²) in [4.78, 5) is 43.0. The average molecular weight is 909 g/mol. The van der Waals surface area contributed by atoms with Gasteiger partial charge in [-0.15, -0.1) is 0 Å². The van der Waals surface area contributed by atoms with Crippen LogP contribution in [0, 0.1) is 0 Å². The van der Waals surface area contributed by atoms with Crippen LogP contribution in [0.25, 0.3) is 0 Å². The molecule has 0 spiro atoms. The molecule has 0 radical (unpaired) electrons. The third-order valence-corrected chi connectivity index (χ3v) is 12.8. The third kappa shape index (κ3) is 41.6. The van der Waals surface area contributed by atoms with E-state index in [1.165, 1.54) is 77.0 Å². The van der Waals surface area contributed by atoms with Crippen LogP contribution in [0.15, 0.2) is 0 Å². The van der Waals surface area contributed by atoms with E-state index in [1.54, 1.807) is 0 Å². The molecule has 380 valence electrons. The Morgan fingerprint density at radius 3 is 1.03 bits per heavy atom. The number of carbonyl (C=O) groups excluding carboxylic acids is 3. The minimum atomic E-state index is -0.214. The number of rotatable bonds is 49. The van der Waals surface area contributed by atoms with Crippen LogP contribution in [0.2, 0.25) is 0 Å². The fourth-order valence-electron chi connectivity index (χ4n) is 8.67. The number of nitrogens with zero attached hydrogens (tertiary/aromatic N) is 2. The van der Waals surface area contributed by atoms with Crippen molar-refractivity contribution in [1.29, 1.82) is 0 Å². The van der Waals surface area contributed by atoms with Crippen LogP contribution in [-0.2, 0) is 23.8 Å². The van der Waals surface area contributed by atoms with Gasteiger partial charge in [0.2, 0.25) is 0 Å². The van der Waals surface area contributed by atoms with Crippen LogP contribution in [0.1, 0.15) is 278 Å². The summed E-state index contributed by atoms with van der Waals surface area (Å²) < 4.78 is 18.2. The van der Waals surface area contributed by atoms with Crippen LogP contribution in [-0.4, -0.2) is 91.6 Å². The smallest absolute Gasteiger partial charge is 0.410 e. The van der Waals surface area contributed by atoms with Crippen LogP contribution >= 0.6 is 0 Å². The zero-order valence-electron chi connectivity index (χ0n) is 43.4. The standard InChI is InChI=1S/C55H108N2O7/c1-7-11-15-27-38-50(39-28-16-12-8-2)62-53(59)44-33-25-21-19-23-31-42-52(64-55(61)57(47-35-36-49-58)48-37-46-56(5)6)43-32-24-20-22-26-34-45-54(60)63-51(40-29-17-13-9-3)41-30-18-14-10-4/h50-52,58H,7-49H2,1-6H3. The third-order valence-electron chi connectivity index (χ3n) is 12.8. The number of amides is 1. The van der Waals surface area contributed by atoms with Crippen molar-refractivity contribution in [3.63, 3.8) is 0 Å². The molecular formula is C55H108N2O7. The first-order chi connectivity index (χ1) is 31.2. The van der Waals surface area contributed by atoms with Gasteiger partial charge in [-0.05, 0) is 130 Å². The van der Waals surface area contributed by atoms with Crippen molar-refractivity contribution in [3.8, 4) is 0 Å². The zero-order valence-corrected chi connectivity index (χ0v) is 43.4. The number of ether oxygens (including phenoxy) is 3. The van der Waals surface area contributed by atoms with E-state index in [0.717, 1.165) is 161 Å². The number of hydrogen-bond donors (Lipinski definition) is 1. The normalized spacial score (nSPS) is 11.7. The summed E-state index contributed by atoms with van der Waals surface area (Å²) in [7, 11) is 4.11. The molecule has 1 amide bonds. The average Bonchev–Trinajstić information content (AvgIpc) is 3.27. The zero-order chi connectivity index (χ0) is 47.1. The number of unbranched alkanes of at least 4 members (excludes halogenated alkanes) is 23. The van der Waals surface area contributed by atoms with Gasteiger partial charge < -0.3 is 29.1 Å². The topological polar surface area (TPSA) is 106 Å². The summed E-state index contributed by atoms with van der Waals surface area (Å²) >= 11 is 0. The monoisotopic (exact) mass is 909 g/mol. The van der Waals surface area contributed by atoms with Crippen LogP contribution < -0.4 is 0 Å². The van der Waals surface area contributed by atoms with Gasteiger partial charge in [0.15, 0.2) is 0 Å². The molecule has 9 nitrogen and oxygen atoms in total. The molecule has 0 fully saturated rings. The second kappa shape index (κ2) is 47.6. The lowest BCUT2D eigenvalue weighted by Gasteiger charge is -2.26. The highest BCUT2D eigenvalue weighted by Crippen LogP contribution is 2.21. The van der Waals surface area contributed by atoms with Gasteiger partial charge in [0.25, 0.3) is 0 Å². The Morgan fingerprint density at radius 1 is 0.375 bits per heavy atom. The summed E-state index contributed by atoms with van der Waals surface area (Å²) in [6.07, 6.45) is 41.0. The Balaban J connectivity index is 4.88. The number of hydrogen-bond acceptors (Lipinski definition) is 8. The van der Waals surface area contributed by atoms with Crippen molar-refractivity contribution in [2.75, 3.05) is 40.3 Å². The molecule has 0 atom stereocenters. The van der Waals surface area contributed by atoms with Gasteiger partial charge in [-0.2, -0.15) is 0 Å². The van der Waals surface area contributed by atoms with E-state index in [4.69, 9.17) is 14.2 Å². The minimum Gasteiger partial charge on any atom is -0.462 e. The number of aliphatic hydroxyl groups is 1.